The van der Waals surface area contributed by atoms with E-state index in [-0.39, 0.29) is 37.0 Å². The first-order valence-electron chi connectivity index (χ1n) is 13.4. The second-order valence-electron chi connectivity index (χ2n) is 11.1. The highest BCUT2D eigenvalue weighted by Gasteiger charge is 2.33. The molecule has 8 nitrogen and oxygen atoms in total. The van der Waals surface area contributed by atoms with Gasteiger partial charge in [-0.1, -0.05) is 41.9 Å². The van der Waals surface area contributed by atoms with Crippen LogP contribution in [0.2, 0.25) is 5.02 Å². The summed E-state index contributed by atoms with van der Waals surface area (Å²) in [7, 11) is -0.0953. The van der Waals surface area contributed by atoms with Crippen molar-refractivity contribution in [2.75, 3.05) is 13.7 Å². The highest BCUT2D eigenvalue weighted by atomic mass is 35.5. The molecule has 1 aliphatic carbocycles. The molecular formula is C29H36BClN2O6S. The van der Waals surface area contributed by atoms with E-state index in [2.05, 4.69) is 5.32 Å². The summed E-state index contributed by atoms with van der Waals surface area (Å²) < 4.78 is 11.9. The average Bonchev–Trinajstić information content (AvgIpc) is 3.26. The Hall–Kier alpha value is -2.63. The van der Waals surface area contributed by atoms with Gasteiger partial charge in [0.1, 0.15) is 16.2 Å². The standard InChI is InChI=1S/C29H36BClN2O6S/c1-29(2,3)39-25(34)16-32-20-10-12-21(13-11-20)33(17-18-15-19(30(36)37)9-14-23(18)38-4)28(35)27-26(31)22-7-5-6-8-24(22)40-27/h5-9,14-15,20-21,32,36-37H,10-13,16-17H2,1-4H3. The second-order valence-corrected chi connectivity index (χ2v) is 12.5. The highest BCUT2D eigenvalue weighted by molar-refractivity contribution is 7.21. The van der Waals surface area contributed by atoms with Crippen LogP contribution in [0.3, 0.4) is 0 Å². The van der Waals surface area contributed by atoms with Crippen LogP contribution in [0.4, 0.5) is 0 Å². The molecule has 4 rings (SSSR count). The lowest BCUT2D eigenvalue weighted by atomic mass is 9.79. The number of esters is 1. The number of benzene rings is 2. The zero-order chi connectivity index (χ0) is 29.0. The number of ether oxygens (including phenoxy) is 2. The van der Waals surface area contributed by atoms with E-state index >= 15 is 0 Å². The lowest BCUT2D eigenvalue weighted by Crippen LogP contribution is -2.46. The van der Waals surface area contributed by atoms with Crippen molar-refractivity contribution >= 4 is 57.5 Å². The molecule has 3 aromatic rings. The molecule has 2 aromatic carbocycles. The Kier molecular flexibility index (Phi) is 9.79. The third-order valence-corrected chi connectivity index (χ3v) is 8.69. The van der Waals surface area contributed by atoms with Gasteiger partial charge in [-0.2, -0.15) is 0 Å². The van der Waals surface area contributed by atoms with Crippen LogP contribution in [0, 0.1) is 0 Å². The Morgan fingerprint density at radius 3 is 2.45 bits per heavy atom. The van der Waals surface area contributed by atoms with Crippen LogP contribution >= 0.6 is 22.9 Å². The smallest absolute Gasteiger partial charge is 0.488 e. The number of methoxy groups -OCH3 is 1. The molecule has 0 bridgehead atoms. The van der Waals surface area contributed by atoms with Gasteiger partial charge >= 0.3 is 13.1 Å². The quantitative estimate of drug-likeness (QED) is 0.256. The Morgan fingerprint density at radius 1 is 1.12 bits per heavy atom. The number of nitrogens with zero attached hydrogens (tertiary/aromatic N) is 1. The van der Waals surface area contributed by atoms with Crippen molar-refractivity contribution in [2.24, 2.45) is 0 Å². The van der Waals surface area contributed by atoms with Crippen molar-refractivity contribution in [1.29, 1.82) is 0 Å². The fourth-order valence-corrected chi connectivity index (χ4v) is 6.58. The van der Waals surface area contributed by atoms with Crippen molar-refractivity contribution < 1.29 is 29.1 Å². The molecule has 214 valence electrons. The molecule has 0 unspecified atom stereocenters. The third-order valence-electron chi connectivity index (χ3n) is 7.03. The molecule has 0 atom stereocenters. The van der Waals surface area contributed by atoms with Gasteiger partial charge < -0.3 is 29.7 Å². The normalized spacial score (nSPS) is 17.5. The molecule has 1 saturated carbocycles. The monoisotopic (exact) mass is 586 g/mol. The van der Waals surface area contributed by atoms with Gasteiger partial charge in [-0.25, -0.2) is 0 Å². The molecule has 1 amide bonds. The zero-order valence-electron chi connectivity index (χ0n) is 23.3. The first-order chi connectivity index (χ1) is 19.0. The van der Waals surface area contributed by atoms with E-state index in [9.17, 15) is 19.6 Å². The summed E-state index contributed by atoms with van der Waals surface area (Å²) in [5.41, 5.74) is 0.456. The van der Waals surface area contributed by atoms with Crippen LogP contribution in [0.15, 0.2) is 42.5 Å². The zero-order valence-corrected chi connectivity index (χ0v) is 24.8. The van der Waals surface area contributed by atoms with Crippen LogP contribution in [0.25, 0.3) is 10.1 Å². The van der Waals surface area contributed by atoms with E-state index in [1.54, 1.807) is 25.3 Å². The van der Waals surface area contributed by atoms with E-state index in [1.807, 2.05) is 49.9 Å². The fraction of sp³-hybridized carbons (Fsp3) is 0.448. The summed E-state index contributed by atoms with van der Waals surface area (Å²) in [6.07, 6.45) is 3.02. The minimum Gasteiger partial charge on any atom is -0.496 e. The van der Waals surface area contributed by atoms with Crippen molar-refractivity contribution in [1.82, 2.24) is 10.2 Å². The lowest BCUT2D eigenvalue weighted by Gasteiger charge is -2.37. The van der Waals surface area contributed by atoms with Gasteiger partial charge in [0.05, 0.1) is 18.7 Å². The minimum absolute atomic E-state index is 0.0826. The largest absolute Gasteiger partial charge is 0.496 e. The Balaban J connectivity index is 1.56. The van der Waals surface area contributed by atoms with Crippen LogP contribution in [0.5, 0.6) is 5.75 Å². The van der Waals surface area contributed by atoms with Crippen LogP contribution < -0.4 is 15.5 Å². The Labute approximate surface area is 244 Å². The van der Waals surface area contributed by atoms with E-state index in [0.29, 0.717) is 26.7 Å². The van der Waals surface area contributed by atoms with Crippen LogP contribution in [-0.4, -0.2) is 65.3 Å². The van der Waals surface area contributed by atoms with Crippen molar-refractivity contribution in [3.05, 3.63) is 57.9 Å². The predicted octanol–water partition coefficient (Wildman–Crippen LogP) is 4.13. The lowest BCUT2D eigenvalue weighted by molar-refractivity contribution is -0.153. The summed E-state index contributed by atoms with van der Waals surface area (Å²) in [6.45, 7) is 5.89. The minimum atomic E-state index is -1.64. The maximum absolute atomic E-state index is 14.1. The van der Waals surface area contributed by atoms with E-state index in [0.717, 1.165) is 35.8 Å². The topological polar surface area (TPSA) is 108 Å². The molecule has 0 spiro atoms. The second kappa shape index (κ2) is 12.9. The fourth-order valence-electron chi connectivity index (χ4n) is 5.11. The molecule has 11 heteroatoms. The number of hydrogen-bond donors (Lipinski definition) is 3. The van der Waals surface area contributed by atoms with Gasteiger partial charge in [-0.05, 0) is 64.1 Å². The average molecular weight is 587 g/mol. The number of rotatable bonds is 9. The molecule has 40 heavy (non-hydrogen) atoms. The first kappa shape index (κ1) is 30.3. The summed E-state index contributed by atoms with van der Waals surface area (Å²) in [5.74, 6) is 0.0922. The van der Waals surface area contributed by atoms with Gasteiger partial charge in [0, 0.05) is 34.3 Å². The first-order valence-corrected chi connectivity index (χ1v) is 14.6. The summed E-state index contributed by atoms with van der Waals surface area (Å²) in [6, 6.07) is 12.6. The third kappa shape index (κ3) is 7.36. The molecule has 0 aliphatic heterocycles. The summed E-state index contributed by atoms with van der Waals surface area (Å²) in [5, 5.41) is 24.1. The molecule has 1 fully saturated rings. The highest BCUT2D eigenvalue weighted by Crippen LogP contribution is 2.38. The molecular weight excluding hydrogens is 551 g/mol. The number of thiophene rings is 1. The number of carbonyl (C=O) groups excluding carboxylic acids is 2. The van der Waals surface area contributed by atoms with E-state index in [4.69, 9.17) is 21.1 Å². The van der Waals surface area contributed by atoms with Crippen LogP contribution in [0.1, 0.15) is 61.7 Å². The SMILES string of the molecule is COc1ccc(B(O)O)cc1CN(C(=O)c1sc2ccccc2c1Cl)C1CCC(NCC(=O)OC(C)(C)C)CC1. The number of amides is 1. The van der Waals surface area contributed by atoms with Gasteiger partial charge in [-0.15, -0.1) is 11.3 Å². The van der Waals surface area contributed by atoms with Crippen molar-refractivity contribution in [3.8, 4) is 5.75 Å². The molecule has 3 N–H and O–H groups in total. The number of halogens is 1. The molecule has 0 saturated heterocycles. The summed E-state index contributed by atoms with van der Waals surface area (Å²) >= 11 is 8.09. The number of fused-ring (bicyclic) bond motifs is 1. The van der Waals surface area contributed by atoms with Crippen LogP contribution in [-0.2, 0) is 16.1 Å². The molecule has 1 aromatic heterocycles. The Bertz CT molecular complexity index is 1350. The van der Waals surface area contributed by atoms with Gasteiger partial charge in [-0.3, -0.25) is 9.59 Å². The number of hydrogen-bond acceptors (Lipinski definition) is 8. The summed E-state index contributed by atoms with van der Waals surface area (Å²) in [4.78, 5) is 28.6. The van der Waals surface area contributed by atoms with Crippen molar-refractivity contribution in [3.63, 3.8) is 0 Å². The van der Waals surface area contributed by atoms with Gasteiger partial charge in [0.15, 0.2) is 0 Å². The maximum atomic E-state index is 14.1. The number of nitrogens with one attached hydrogen (secondary N) is 1. The Morgan fingerprint density at radius 2 is 1.82 bits per heavy atom. The van der Waals surface area contributed by atoms with Crippen molar-refractivity contribution in [2.45, 2.75) is 70.7 Å². The maximum Gasteiger partial charge on any atom is 0.488 e. The molecule has 1 aliphatic rings. The predicted molar refractivity (Wildman–Crippen MR) is 159 cm³/mol. The van der Waals surface area contributed by atoms with Gasteiger partial charge in [0.2, 0.25) is 0 Å². The van der Waals surface area contributed by atoms with E-state index in [1.165, 1.54) is 11.3 Å². The molecule has 1 heterocycles. The van der Waals surface area contributed by atoms with Gasteiger partial charge in [0.25, 0.3) is 5.91 Å². The van der Waals surface area contributed by atoms with E-state index < -0.39 is 12.7 Å². The molecule has 0 radical (unpaired) electrons. The number of carbonyl (C=O) groups is 2.